The summed E-state index contributed by atoms with van der Waals surface area (Å²) in [5.74, 6) is 5.60. The molecule has 31 heavy (non-hydrogen) atoms. The number of benzene rings is 1. The molecule has 3 aliphatic carbocycles. The van der Waals surface area contributed by atoms with Crippen LogP contribution in [-0.4, -0.2) is 0 Å². The number of hydrogen-bond acceptors (Lipinski definition) is 0. The summed E-state index contributed by atoms with van der Waals surface area (Å²) >= 11 is 0. The zero-order valence-corrected chi connectivity index (χ0v) is 20.2. The molecule has 3 saturated carbocycles. The summed E-state index contributed by atoms with van der Waals surface area (Å²) in [7, 11) is 0. The molecule has 0 amide bonds. The first-order valence-corrected chi connectivity index (χ1v) is 14.0. The fraction of sp³-hybridized carbons (Fsp3) is 0.800. The van der Waals surface area contributed by atoms with Gasteiger partial charge in [-0.2, -0.15) is 0 Å². The monoisotopic (exact) mass is 426 g/mol. The Bertz CT molecular complexity index is 626. The van der Waals surface area contributed by atoms with Crippen molar-refractivity contribution < 1.29 is 4.39 Å². The van der Waals surface area contributed by atoms with Crippen LogP contribution in [-0.2, 0) is 0 Å². The van der Waals surface area contributed by atoms with E-state index in [1.165, 1.54) is 115 Å². The SMILES string of the molecule is CCCCCCC1CCC(CCC2CCC3CC(c4ccc(F)cc4)CCC3C2)CC1. The molecular weight excluding hydrogens is 379 g/mol. The minimum Gasteiger partial charge on any atom is -0.207 e. The van der Waals surface area contributed by atoms with E-state index >= 15 is 0 Å². The van der Waals surface area contributed by atoms with Crippen molar-refractivity contribution in [1.29, 1.82) is 0 Å². The smallest absolute Gasteiger partial charge is 0.123 e. The standard InChI is InChI=1S/C30H47F/c1-2-3-4-5-6-23-7-9-24(10-8-23)11-12-25-13-14-29-22-28(16-15-27(29)21-25)26-17-19-30(31)20-18-26/h17-20,23-25,27-29H,2-16,21-22H2,1H3. The number of rotatable bonds is 9. The third-order valence-electron chi connectivity index (χ3n) is 9.48. The second-order valence-electron chi connectivity index (χ2n) is 11.6. The van der Waals surface area contributed by atoms with E-state index in [9.17, 15) is 4.39 Å². The third kappa shape index (κ3) is 6.82. The van der Waals surface area contributed by atoms with Gasteiger partial charge in [-0.1, -0.05) is 96.1 Å². The second-order valence-corrected chi connectivity index (χ2v) is 11.6. The topological polar surface area (TPSA) is 0 Å². The van der Waals surface area contributed by atoms with E-state index in [1.54, 1.807) is 12.1 Å². The van der Waals surface area contributed by atoms with Crippen LogP contribution < -0.4 is 0 Å². The highest BCUT2D eigenvalue weighted by Gasteiger charge is 2.36. The van der Waals surface area contributed by atoms with Crippen molar-refractivity contribution in [2.24, 2.45) is 29.6 Å². The first-order valence-electron chi connectivity index (χ1n) is 14.0. The first kappa shape index (κ1) is 23.3. The van der Waals surface area contributed by atoms with E-state index in [0.29, 0.717) is 5.92 Å². The van der Waals surface area contributed by atoms with Crippen LogP contribution in [0.15, 0.2) is 24.3 Å². The maximum Gasteiger partial charge on any atom is 0.123 e. The number of fused-ring (bicyclic) bond motifs is 1. The molecule has 0 aliphatic heterocycles. The minimum atomic E-state index is -0.0987. The van der Waals surface area contributed by atoms with Crippen LogP contribution in [0.25, 0.3) is 0 Å². The maximum absolute atomic E-state index is 13.3. The summed E-state index contributed by atoms with van der Waals surface area (Å²) in [6.45, 7) is 2.32. The van der Waals surface area contributed by atoms with Gasteiger partial charge in [0.15, 0.2) is 0 Å². The Hall–Kier alpha value is -0.850. The van der Waals surface area contributed by atoms with Gasteiger partial charge in [-0.05, 0) is 85.3 Å². The van der Waals surface area contributed by atoms with Crippen LogP contribution in [0.3, 0.4) is 0 Å². The summed E-state index contributed by atoms with van der Waals surface area (Å²) in [5.41, 5.74) is 1.38. The Labute approximate surface area is 191 Å². The third-order valence-corrected chi connectivity index (χ3v) is 9.48. The van der Waals surface area contributed by atoms with Gasteiger partial charge in [0.05, 0.1) is 0 Å². The van der Waals surface area contributed by atoms with E-state index in [0.717, 1.165) is 29.6 Å². The average molecular weight is 427 g/mol. The lowest BCUT2D eigenvalue weighted by Gasteiger charge is -2.42. The molecule has 0 saturated heterocycles. The fourth-order valence-corrected chi connectivity index (χ4v) is 7.43. The molecule has 3 fully saturated rings. The molecule has 174 valence electrons. The molecule has 1 aromatic carbocycles. The van der Waals surface area contributed by atoms with E-state index in [-0.39, 0.29) is 5.82 Å². The van der Waals surface area contributed by atoms with Crippen molar-refractivity contribution in [1.82, 2.24) is 0 Å². The van der Waals surface area contributed by atoms with Gasteiger partial charge in [0.25, 0.3) is 0 Å². The number of unbranched alkanes of at least 4 members (excludes halogenated alkanes) is 3. The highest BCUT2D eigenvalue weighted by molar-refractivity contribution is 5.21. The molecular formula is C30H47F. The highest BCUT2D eigenvalue weighted by atomic mass is 19.1. The van der Waals surface area contributed by atoms with Crippen molar-refractivity contribution in [3.63, 3.8) is 0 Å². The second kappa shape index (κ2) is 11.9. The predicted molar refractivity (Wildman–Crippen MR) is 131 cm³/mol. The Morgan fingerprint density at radius 1 is 0.645 bits per heavy atom. The molecule has 1 heteroatoms. The largest absolute Gasteiger partial charge is 0.207 e. The Kier molecular flexibility index (Phi) is 8.91. The van der Waals surface area contributed by atoms with Crippen molar-refractivity contribution in [3.8, 4) is 0 Å². The average Bonchev–Trinajstić information content (AvgIpc) is 2.81. The Morgan fingerprint density at radius 2 is 1.26 bits per heavy atom. The minimum absolute atomic E-state index is 0.0987. The van der Waals surface area contributed by atoms with Crippen molar-refractivity contribution in [2.45, 2.75) is 122 Å². The lowest BCUT2D eigenvalue weighted by Crippen LogP contribution is -2.30. The zero-order chi connectivity index (χ0) is 21.5. The molecule has 0 spiro atoms. The molecule has 0 N–H and O–H groups in total. The molecule has 1 aromatic rings. The molecule has 0 bridgehead atoms. The van der Waals surface area contributed by atoms with E-state index in [2.05, 4.69) is 6.92 Å². The number of hydrogen-bond donors (Lipinski definition) is 0. The van der Waals surface area contributed by atoms with Gasteiger partial charge in [0, 0.05) is 0 Å². The Morgan fingerprint density at radius 3 is 2.00 bits per heavy atom. The summed E-state index contributed by atoms with van der Waals surface area (Å²) in [6.07, 6.45) is 24.9. The predicted octanol–water partition coefficient (Wildman–Crippen LogP) is 9.68. The number of halogens is 1. The molecule has 4 unspecified atom stereocenters. The molecule has 4 atom stereocenters. The fourth-order valence-electron chi connectivity index (χ4n) is 7.43. The van der Waals surface area contributed by atoms with Crippen LogP contribution in [0.5, 0.6) is 0 Å². The van der Waals surface area contributed by atoms with Gasteiger partial charge in [-0.15, -0.1) is 0 Å². The van der Waals surface area contributed by atoms with Gasteiger partial charge in [-0.25, -0.2) is 4.39 Å². The van der Waals surface area contributed by atoms with Gasteiger partial charge < -0.3 is 0 Å². The molecule has 4 rings (SSSR count). The molecule has 0 radical (unpaired) electrons. The van der Waals surface area contributed by atoms with Gasteiger partial charge in [-0.3, -0.25) is 0 Å². The molecule has 0 heterocycles. The van der Waals surface area contributed by atoms with Crippen molar-refractivity contribution in [2.75, 3.05) is 0 Å². The van der Waals surface area contributed by atoms with Crippen LogP contribution in [0.4, 0.5) is 4.39 Å². The summed E-state index contributed by atoms with van der Waals surface area (Å²) < 4.78 is 13.3. The molecule has 0 aromatic heterocycles. The van der Waals surface area contributed by atoms with Crippen molar-refractivity contribution >= 4 is 0 Å². The van der Waals surface area contributed by atoms with Crippen LogP contribution >= 0.6 is 0 Å². The lowest BCUT2D eigenvalue weighted by atomic mass is 9.63. The van der Waals surface area contributed by atoms with E-state index < -0.39 is 0 Å². The van der Waals surface area contributed by atoms with Crippen molar-refractivity contribution in [3.05, 3.63) is 35.6 Å². The summed E-state index contributed by atoms with van der Waals surface area (Å²) in [5, 5.41) is 0. The quantitative estimate of drug-likeness (QED) is 0.345. The Balaban J connectivity index is 1.13. The van der Waals surface area contributed by atoms with E-state index in [4.69, 9.17) is 0 Å². The van der Waals surface area contributed by atoms with Gasteiger partial charge >= 0.3 is 0 Å². The maximum atomic E-state index is 13.3. The molecule has 0 nitrogen and oxygen atoms in total. The van der Waals surface area contributed by atoms with E-state index in [1.807, 2.05) is 12.1 Å². The molecule has 3 aliphatic rings. The lowest BCUT2D eigenvalue weighted by molar-refractivity contribution is 0.108. The normalized spacial score (nSPS) is 33.7. The zero-order valence-electron chi connectivity index (χ0n) is 20.2. The van der Waals surface area contributed by atoms with Crippen LogP contribution in [0.1, 0.15) is 128 Å². The highest BCUT2D eigenvalue weighted by Crippen LogP contribution is 2.48. The van der Waals surface area contributed by atoms with Crippen LogP contribution in [0, 0.1) is 35.4 Å². The first-order chi connectivity index (χ1) is 15.2. The van der Waals surface area contributed by atoms with Gasteiger partial charge in [0.1, 0.15) is 5.82 Å². The summed E-state index contributed by atoms with van der Waals surface area (Å²) in [4.78, 5) is 0. The summed E-state index contributed by atoms with van der Waals surface area (Å²) in [6, 6.07) is 7.37. The van der Waals surface area contributed by atoms with Gasteiger partial charge in [0.2, 0.25) is 0 Å². The van der Waals surface area contributed by atoms with Crippen LogP contribution in [0.2, 0.25) is 0 Å².